The third kappa shape index (κ3) is 2.41. The Labute approximate surface area is 85.5 Å². The average molecular weight is 194 g/mol. The van der Waals surface area contributed by atoms with Crippen LogP contribution in [-0.2, 0) is 0 Å². The maximum Gasteiger partial charge on any atom is 0.122 e. The van der Waals surface area contributed by atoms with Gasteiger partial charge in [0.1, 0.15) is 11.5 Å². The van der Waals surface area contributed by atoms with Crippen molar-refractivity contribution in [2.75, 3.05) is 7.11 Å². The van der Waals surface area contributed by atoms with Crippen molar-refractivity contribution in [2.24, 2.45) is 5.92 Å². The largest absolute Gasteiger partial charge is 0.508 e. The van der Waals surface area contributed by atoms with Crippen LogP contribution in [0.15, 0.2) is 18.2 Å². The van der Waals surface area contributed by atoms with Gasteiger partial charge in [0.25, 0.3) is 0 Å². The monoisotopic (exact) mass is 194 g/mol. The summed E-state index contributed by atoms with van der Waals surface area (Å²) in [6.45, 7) is 6.49. The van der Waals surface area contributed by atoms with Gasteiger partial charge in [-0.15, -0.1) is 0 Å². The lowest BCUT2D eigenvalue weighted by atomic mass is 9.90. The van der Waals surface area contributed by atoms with Crippen LogP contribution in [-0.4, -0.2) is 12.2 Å². The summed E-state index contributed by atoms with van der Waals surface area (Å²) < 4.78 is 5.11. The van der Waals surface area contributed by atoms with Gasteiger partial charge in [-0.3, -0.25) is 0 Å². The second-order valence-electron chi connectivity index (χ2n) is 4.00. The molecule has 0 spiro atoms. The summed E-state index contributed by atoms with van der Waals surface area (Å²) in [6, 6.07) is 5.40. The number of phenols is 1. The van der Waals surface area contributed by atoms with E-state index in [9.17, 15) is 5.11 Å². The van der Waals surface area contributed by atoms with E-state index in [2.05, 4.69) is 20.8 Å². The molecule has 0 aliphatic carbocycles. The molecule has 1 unspecified atom stereocenters. The number of rotatable bonds is 3. The van der Waals surface area contributed by atoms with Crippen molar-refractivity contribution in [2.45, 2.75) is 26.7 Å². The van der Waals surface area contributed by atoms with E-state index in [1.165, 1.54) is 0 Å². The molecule has 1 aromatic carbocycles. The molecule has 14 heavy (non-hydrogen) atoms. The molecular formula is C12H18O2. The van der Waals surface area contributed by atoms with E-state index >= 15 is 0 Å². The molecule has 0 aliphatic heterocycles. The topological polar surface area (TPSA) is 29.5 Å². The molecule has 2 heteroatoms. The minimum absolute atomic E-state index is 0.270. The van der Waals surface area contributed by atoms with Crippen molar-refractivity contribution in [3.63, 3.8) is 0 Å². The van der Waals surface area contributed by atoms with Crippen LogP contribution >= 0.6 is 0 Å². The highest BCUT2D eigenvalue weighted by atomic mass is 16.5. The van der Waals surface area contributed by atoms with Crippen LogP contribution in [0.5, 0.6) is 11.5 Å². The smallest absolute Gasteiger partial charge is 0.122 e. The van der Waals surface area contributed by atoms with Gasteiger partial charge in [-0.25, -0.2) is 0 Å². The number of hydrogen-bond donors (Lipinski definition) is 1. The number of benzene rings is 1. The zero-order chi connectivity index (χ0) is 10.7. The predicted octanol–water partition coefficient (Wildman–Crippen LogP) is 3.16. The van der Waals surface area contributed by atoms with Crippen molar-refractivity contribution >= 4 is 0 Å². The Morgan fingerprint density at radius 2 is 1.79 bits per heavy atom. The number of ether oxygens (including phenoxy) is 1. The molecule has 0 saturated carbocycles. The fraction of sp³-hybridized carbons (Fsp3) is 0.500. The van der Waals surface area contributed by atoms with E-state index in [0.717, 1.165) is 5.56 Å². The quantitative estimate of drug-likeness (QED) is 0.800. The molecule has 78 valence electrons. The van der Waals surface area contributed by atoms with Crippen LogP contribution in [0, 0.1) is 5.92 Å². The number of phenolic OH excluding ortho intramolecular Hbond substituents is 1. The summed E-state index contributed by atoms with van der Waals surface area (Å²) in [6.07, 6.45) is 0. The number of methoxy groups -OCH3 is 1. The minimum atomic E-state index is 0.270. The molecule has 1 rings (SSSR count). The number of aromatic hydroxyl groups is 1. The molecule has 0 fully saturated rings. The Balaban J connectivity index is 3.02. The van der Waals surface area contributed by atoms with Gasteiger partial charge in [0.15, 0.2) is 0 Å². The van der Waals surface area contributed by atoms with Crippen molar-refractivity contribution in [1.29, 1.82) is 0 Å². The van der Waals surface area contributed by atoms with Gasteiger partial charge >= 0.3 is 0 Å². The highest BCUT2D eigenvalue weighted by Crippen LogP contribution is 2.30. The van der Waals surface area contributed by atoms with E-state index in [4.69, 9.17) is 4.74 Å². The lowest BCUT2D eigenvalue weighted by molar-refractivity contribution is 0.405. The van der Waals surface area contributed by atoms with Crippen molar-refractivity contribution in [3.8, 4) is 11.5 Å². The summed E-state index contributed by atoms with van der Waals surface area (Å²) in [5.74, 6) is 1.97. The highest BCUT2D eigenvalue weighted by Gasteiger charge is 2.11. The minimum Gasteiger partial charge on any atom is -0.508 e. The maximum absolute atomic E-state index is 9.48. The molecule has 0 saturated heterocycles. The Morgan fingerprint density at radius 3 is 2.29 bits per heavy atom. The van der Waals surface area contributed by atoms with Crippen LogP contribution in [0.4, 0.5) is 0 Å². The summed E-state index contributed by atoms with van der Waals surface area (Å²) >= 11 is 0. The molecule has 0 aromatic heterocycles. The average Bonchev–Trinajstić information content (AvgIpc) is 2.15. The third-order valence-corrected chi connectivity index (χ3v) is 2.68. The highest BCUT2D eigenvalue weighted by molar-refractivity contribution is 5.39. The summed E-state index contributed by atoms with van der Waals surface area (Å²) in [4.78, 5) is 0. The Hall–Kier alpha value is -1.18. The Bertz CT molecular complexity index is 305. The summed E-state index contributed by atoms with van der Waals surface area (Å²) in [7, 11) is 1.61. The third-order valence-electron chi connectivity index (χ3n) is 2.68. The van der Waals surface area contributed by atoms with Crippen molar-refractivity contribution in [1.82, 2.24) is 0 Å². The van der Waals surface area contributed by atoms with E-state index < -0.39 is 0 Å². The number of hydrogen-bond acceptors (Lipinski definition) is 2. The van der Waals surface area contributed by atoms with E-state index in [-0.39, 0.29) is 5.75 Å². The Kier molecular flexibility index (Phi) is 3.39. The van der Waals surface area contributed by atoms with Gasteiger partial charge in [-0.1, -0.05) is 20.8 Å². The first-order valence-electron chi connectivity index (χ1n) is 4.92. The van der Waals surface area contributed by atoms with E-state index in [1.807, 2.05) is 6.07 Å². The molecule has 0 heterocycles. The first-order chi connectivity index (χ1) is 6.54. The fourth-order valence-corrected chi connectivity index (χ4v) is 1.37. The molecule has 2 nitrogen and oxygen atoms in total. The molecule has 0 bridgehead atoms. The molecule has 0 aliphatic rings. The Morgan fingerprint density at radius 1 is 1.14 bits per heavy atom. The molecule has 0 radical (unpaired) electrons. The zero-order valence-corrected chi connectivity index (χ0v) is 9.24. The summed E-state index contributed by atoms with van der Waals surface area (Å²) in [5, 5.41) is 9.48. The standard InChI is InChI=1S/C12H18O2/c1-8(2)9(3)10-5-11(13)7-12(6-10)14-4/h5-9,13H,1-4H3. The van der Waals surface area contributed by atoms with E-state index in [1.54, 1.807) is 19.2 Å². The van der Waals surface area contributed by atoms with Gasteiger partial charge in [0.2, 0.25) is 0 Å². The second kappa shape index (κ2) is 4.36. The van der Waals surface area contributed by atoms with Gasteiger partial charge in [-0.05, 0) is 29.5 Å². The van der Waals surface area contributed by atoms with Crippen molar-refractivity contribution in [3.05, 3.63) is 23.8 Å². The van der Waals surface area contributed by atoms with Gasteiger partial charge in [0, 0.05) is 6.07 Å². The fourth-order valence-electron chi connectivity index (χ4n) is 1.37. The summed E-state index contributed by atoms with van der Waals surface area (Å²) in [5.41, 5.74) is 1.12. The lowest BCUT2D eigenvalue weighted by Gasteiger charge is -2.17. The first-order valence-corrected chi connectivity index (χ1v) is 4.92. The van der Waals surface area contributed by atoms with E-state index in [0.29, 0.717) is 17.6 Å². The first kappa shape index (κ1) is 10.9. The van der Waals surface area contributed by atoms with Crippen LogP contribution in [0.1, 0.15) is 32.3 Å². The lowest BCUT2D eigenvalue weighted by Crippen LogP contribution is -2.02. The molecule has 0 amide bonds. The van der Waals surface area contributed by atoms with Crippen molar-refractivity contribution < 1.29 is 9.84 Å². The van der Waals surface area contributed by atoms with Gasteiger partial charge in [-0.2, -0.15) is 0 Å². The maximum atomic E-state index is 9.48. The predicted molar refractivity (Wildman–Crippen MR) is 57.9 cm³/mol. The van der Waals surface area contributed by atoms with Crippen LogP contribution in [0.2, 0.25) is 0 Å². The second-order valence-corrected chi connectivity index (χ2v) is 4.00. The zero-order valence-electron chi connectivity index (χ0n) is 9.24. The normalized spacial score (nSPS) is 12.9. The molecular weight excluding hydrogens is 176 g/mol. The van der Waals surface area contributed by atoms with Crippen LogP contribution < -0.4 is 4.74 Å². The SMILES string of the molecule is COc1cc(O)cc(C(C)C(C)C)c1. The van der Waals surface area contributed by atoms with Crippen LogP contribution in [0.3, 0.4) is 0 Å². The van der Waals surface area contributed by atoms with Gasteiger partial charge in [0.05, 0.1) is 7.11 Å². The molecule has 1 aromatic rings. The van der Waals surface area contributed by atoms with Crippen LogP contribution in [0.25, 0.3) is 0 Å². The molecule has 1 atom stereocenters. The molecule has 1 N–H and O–H groups in total. The van der Waals surface area contributed by atoms with Gasteiger partial charge < -0.3 is 9.84 Å².